The summed E-state index contributed by atoms with van der Waals surface area (Å²) < 4.78 is 0. The number of benzene rings is 1. The Hall–Kier alpha value is -1.65. The van der Waals surface area contributed by atoms with Crippen LogP contribution in [0.15, 0.2) is 30.3 Å². The maximum Gasteiger partial charge on any atom is 0.328 e. The second kappa shape index (κ2) is 7.96. The summed E-state index contributed by atoms with van der Waals surface area (Å²) in [4.78, 5) is 12.8. The molecule has 4 heteroatoms. The highest BCUT2D eigenvalue weighted by Gasteiger charge is 2.20. The first kappa shape index (κ1) is 15.7. The third-order valence-corrected chi connectivity index (χ3v) is 3.99. The highest BCUT2D eigenvalue weighted by atomic mass is 16.4. The summed E-state index contributed by atoms with van der Waals surface area (Å²) in [6.07, 6.45) is 7.43. The molecule has 1 unspecified atom stereocenters. The number of nitrogens with zero attached hydrogens (tertiary/aromatic N) is 1. The average molecular weight is 289 g/mol. The fourth-order valence-corrected chi connectivity index (χ4v) is 2.79. The van der Waals surface area contributed by atoms with Gasteiger partial charge in [0.05, 0.1) is 6.61 Å². The van der Waals surface area contributed by atoms with Gasteiger partial charge < -0.3 is 10.2 Å². The van der Waals surface area contributed by atoms with Gasteiger partial charge in [0.1, 0.15) is 0 Å². The summed E-state index contributed by atoms with van der Waals surface area (Å²) in [5.41, 5.74) is 2.08. The molecule has 0 radical (unpaired) electrons. The van der Waals surface area contributed by atoms with Crippen molar-refractivity contribution in [3.05, 3.63) is 41.5 Å². The zero-order valence-corrected chi connectivity index (χ0v) is 12.2. The zero-order chi connectivity index (χ0) is 15.1. The van der Waals surface area contributed by atoms with Gasteiger partial charge in [0.15, 0.2) is 0 Å². The summed E-state index contributed by atoms with van der Waals surface area (Å²) in [5, 5.41) is 18.1. The fraction of sp³-hybridized carbons (Fsp3) is 0.471. The van der Waals surface area contributed by atoms with Crippen LogP contribution in [0.2, 0.25) is 0 Å². The summed E-state index contributed by atoms with van der Waals surface area (Å²) in [5.74, 6) is -0.936. The number of carbonyl (C=O) groups is 1. The van der Waals surface area contributed by atoms with E-state index in [1.54, 1.807) is 6.08 Å². The van der Waals surface area contributed by atoms with Gasteiger partial charge in [-0.3, -0.25) is 4.90 Å². The quantitative estimate of drug-likeness (QED) is 0.818. The molecule has 0 bridgehead atoms. The van der Waals surface area contributed by atoms with Crippen molar-refractivity contribution in [3.8, 4) is 0 Å². The molecule has 0 saturated carbocycles. The summed E-state index contributed by atoms with van der Waals surface area (Å²) in [6.45, 7) is 2.10. The van der Waals surface area contributed by atoms with Crippen LogP contribution in [0.25, 0.3) is 6.08 Å². The van der Waals surface area contributed by atoms with E-state index in [0.29, 0.717) is 0 Å². The minimum Gasteiger partial charge on any atom is -0.478 e. The van der Waals surface area contributed by atoms with Crippen molar-refractivity contribution in [1.82, 2.24) is 4.90 Å². The number of hydrogen-bond acceptors (Lipinski definition) is 3. The highest BCUT2D eigenvalue weighted by Crippen LogP contribution is 2.19. The van der Waals surface area contributed by atoms with Crippen LogP contribution in [-0.2, 0) is 11.3 Å². The first-order valence-corrected chi connectivity index (χ1v) is 7.54. The van der Waals surface area contributed by atoms with Crippen molar-refractivity contribution >= 4 is 12.0 Å². The first-order valence-electron chi connectivity index (χ1n) is 7.54. The van der Waals surface area contributed by atoms with Crippen LogP contribution < -0.4 is 0 Å². The molecule has 2 N–H and O–H groups in total. The summed E-state index contributed by atoms with van der Waals surface area (Å²) in [7, 11) is 0. The van der Waals surface area contributed by atoms with Gasteiger partial charge in [0.25, 0.3) is 0 Å². The third-order valence-electron chi connectivity index (χ3n) is 3.99. The molecule has 1 aromatic rings. The molecular weight excluding hydrogens is 266 g/mol. The Bertz CT molecular complexity index is 481. The monoisotopic (exact) mass is 289 g/mol. The zero-order valence-electron chi connectivity index (χ0n) is 12.2. The van der Waals surface area contributed by atoms with Gasteiger partial charge in [0.2, 0.25) is 0 Å². The largest absolute Gasteiger partial charge is 0.478 e. The molecule has 1 aliphatic heterocycles. The molecule has 1 fully saturated rings. The number of likely N-dealkylation sites (tertiary alicyclic amines) is 1. The van der Waals surface area contributed by atoms with Crippen molar-refractivity contribution in [1.29, 1.82) is 0 Å². The number of aliphatic hydroxyl groups excluding tert-OH is 1. The van der Waals surface area contributed by atoms with E-state index < -0.39 is 5.97 Å². The van der Waals surface area contributed by atoms with Crippen LogP contribution >= 0.6 is 0 Å². The number of carboxylic acid groups (broad SMARTS) is 1. The van der Waals surface area contributed by atoms with E-state index >= 15 is 0 Å². The van der Waals surface area contributed by atoms with Crippen LogP contribution in [0.1, 0.15) is 36.8 Å². The Balaban J connectivity index is 1.99. The molecule has 0 amide bonds. The summed E-state index contributed by atoms with van der Waals surface area (Å²) >= 11 is 0. The van der Waals surface area contributed by atoms with Crippen molar-refractivity contribution in [2.45, 2.75) is 38.3 Å². The highest BCUT2D eigenvalue weighted by molar-refractivity contribution is 5.85. The van der Waals surface area contributed by atoms with E-state index in [1.165, 1.54) is 24.8 Å². The SMILES string of the molecule is O=C(O)/C=C/c1ccc(CN2CCCCCC2CO)cc1. The van der Waals surface area contributed by atoms with E-state index in [0.717, 1.165) is 31.1 Å². The second-order valence-electron chi connectivity index (χ2n) is 5.57. The third kappa shape index (κ3) is 4.99. The number of rotatable bonds is 5. The van der Waals surface area contributed by atoms with E-state index in [2.05, 4.69) is 4.90 Å². The number of hydrogen-bond donors (Lipinski definition) is 2. The molecule has 0 aromatic heterocycles. The van der Waals surface area contributed by atoms with Crippen LogP contribution in [0.4, 0.5) is 0 Å². The lowest BCUT2D eigenvalue weighted by atomic mass is 10.1. The van der Waals surface area contributed by atoms with Gasteiger partial charge in [0, 0.05) is 18.7 Å². The molecule has 4 nitrogen and oxygen atoms in total. The Labute approximate surface area is 125 Å². The minimum atomic E-state index is -0.936. The number of aliphatic carboxylic acids is 1. The maximum atomic E-state index is 10.5. The normalized spacial score (nSPS) is 20.5. The Kier molecular flexibility index (Phi) is 5.96. The molecule has 0 aliphatic carbocycles. The van der Waals surface area contributed by atoms with Gasteiger partial charge in [-0.15, -0.1) is 0 Å². The topological polar surface area (TPSA) is 60.8 Å². The van der Waals surface area contributed by atoms with Gasteiger partial charge in [-0.25, -0.2) is 4.79 Å². The Morgan fingerprint density at radius 2 is 2.00 bits per heavy atom. The average Bonchev–Trinajstić information content (AvgIpc) is 2.71. The van der Waals surface area contributed by atoms with Crippen LogP contribution in [-0.4, -0.2) is 40.3 Å². The Morgan fingerprint density at radius 1 is 1.24 bits per heavy atom. The molecule has 2 rings (SSSR count). The molecule has 114 valence electrons. The van der Waals surface area contributed by atoms with Crippen molar-refractivity contribution in [3.63, 3.8) is 0 Å². The van der Waals surface area contributed by atoms with Crippen LogP contribution in [0.3, 0.4) is 0 Å². The Morgan fingerprint density at radius 3 is 2.67 bits per heavy atom. The predicted octanol–water partition coefficient (Wildman–Crippen LogP) is 2.52. The number of carboxylic acids is 1. The van der Waals surface area contributed by atoms with E-state index in [9.17, 15) is 9.90 Å². The van der Waals surface area contributed by atoms with E-state index in [1.807, 2.05) is 24.3 Å². The van der Waals surface area contributed by atoms with Gasteiger partial charge >= 0.3 is 5.97 Å². The molecule has 21 heavy (non-hydrogen) atoms. The van der Waals surface area contributed by atoms with Crippen LogP contribution in [0.5, 0.6) is 0 Å². The van der Waals surface area contributed by atoms with Gasteiger partial charge in [-0.05, 0) is 36.6 Å². The predicted molar refractivity (Wildman–Crippen MR) is 82.9 cm³/mol. The molecule has 1 atom stereocenters. The lowest BCUT2D eigenvalue weighted by molar-refractivity contribution is -0.131. The van der Waals surface area contributed by atoms with Gasteiger partial charge in [-0.1, -0.05) is 37.1 Å². The molecule has 1 aromatic carbocycles. The lowest BCUT2D eigenvalue weighted by Crippen LogP contribution is -2.36. The molecule has 1 heterocycles. The first-order chi connectivity index (χ1) is 10.2. The molecule has 1 aliphatic rings. The van der Waals surface area contributed by atoms with Crippen molar-refractivity contribution < 1.29 is 15.0 Å². The standard InChI is InChI=1S/C17H23NO3/c19-13-16-4-2-1-3-11-18(16)12-15-7-5-14(6-8-15)9-10-17(20)21/h5-10,16,19H,1-4,11-13H2,(H,20,21)/b10-9+. The second-order valence-corrected chi connectivity index (χ2v) is 5.57. The minimum absolute atomic E-state index is 0.222. The van der Waals surface area contributed by atoms with Crippen molar-refractivity contribution in [2.24, 2.45) is 0 Å². The summed E-state index contributed by atoms with van der Waals surface area (Å²) in [6, 6.07) is 8.18. The van der Waals surface area contributed by atoms with Crippen LogP contribution in [0, 0.1) is 0 Å². The fourth-order valence-electron chi connectivity index (χ4n) is 2.79. The number of aliphatic hydroxyl groups is 1. The lowest BCUT2D eigenvalue weighted by Gasteiger charge is -2.28. The van der Waals surface area contributed by atoms with E-state index in [4.69, 9.17) is 5.11 Å². The van der Waals surface area contributed by atoms with E-state index in [-0.39, 0.29) is 12.6 Å². The molecular formula is C17H23NO3. The molecule has 1 saturated heterocycles. The van der Waals surface area contributed by atoms with Gasteiger partial charge in [-0.2, -0.15) is 0 Å². The molecule has 0 spiro atoms. The van der Waals surface area contributed by atoms with Crippen molar-refractivity contribution in [2.75, 3.05) is 13.2 Å². The maximum absolute atomic E-state index is 10.5. The smallest absolute Gasteiger partial charge is 0.328 e.